The lowest BCUT2D eigenvalue weighted by molar-refractivity contribution is 0.0730. The number of nitrogens with one attached hydrogen (secondary N) is 2. The zero-order chi connectivity index (χ0) is 21.7. The molecular formula is C21H25N3O5S. The number of para-hydroxylation sites is 1. The maximum absolute atomic E-state index is 13.2. The third-order valence-electron chi connectivity index (χ3n) is 4.95. The van der Waals surface area contributed by atoms with Crippen molar-refractivity contribution in [3.8, 4) is 0 Å². The molecule has 2 aromatic rings. The Hall–Kier alpha value is -2.75. The number of benzene rings is 2. The first-order chi connectivity index (χ1) is 14.4. The summed E-state index contributed by atoms with van der Waals surface area (Å²) in [5.41, 5.74) is 1.51. The summed E-state index contributed by atoms with van der Waals surface area (Å²) in [6, 6.07) is 11.3. The Balaban J connectivity index is 1.93. The van der Waals surface area contributed by atoms with E-state index in [9.17, 15) is 18.0 Å². The maximum Gasteiger partial charge on any atom is 0.255 e. The Labute approximate surface area is 176 Å². The maximum atomic E-state index is 13.2. The van der Waals surface area contributed by atoms with Crippen LogP contribution in [0.2, 0.25) is 0 Å². The van der Waals surface area contributed by atoms with Gasteiger partial charge in [0.25, 0.3) is 11.8 Å². The van der Waals surface area contributed by atoms with E-state index in [1.54, 1.807) is 36.4 Å². The second-order valence-electron chi connectivity index (χ2n) is 6.77. The monoisotopic (exact) mass is 431 g/mol. The number of anilines is 1. The SMILES string of the molecule is CCc1ccc(C(=O)Nc2ccccc2C(=O)NC)cc1S(=O)(=O)N1CCOCC1. The molecule has 0 aromatic heterocycles. The van der Waals surface area contributed by atoms with Gasteiger partial charge in [0, 0.05) is 25.7 Å². The van der Waals surface area contributed by atoms with Crippen LogP contribution >= 0.6 is 0 Å². The first-order valence-corrected chi connectivity index (χ1v) is 11.2. The number of morpholine rings is 1. The third-order valence-corrected chi connectivity index (χ3v) is 6.93. The number of hydrogen-bond donors (Lipinski definition) is 2. The van der Waals surface area contributed by atoms with E-state index in [-0.39, 0.29) is 29.5 Å². The first-order valence-electron chi connectivity index (χ1n) is 9.71. The molecule has 0 bridgehead atoms. The van der Waals surface area contributed by atoms with Gasteiger partial charge in [-0.3, -0.25) is 9.59 Å². The summed E-state index contributed by atoms with van der Waals surface area (Å²) in [6.45, 7) is 3.12. The molecular weight excluding hydrogens is 406 g/mol. The van der Waals surface area contributed by atoms with Crippen molar-refractivity contribution in [2.45, 2.75) is 18.2 Å². The summed E-state index contributed by atoms with van der Waals surface area (Å²) in [6.07, 6.45) is 0.514. The normalized spacial score (nSPS) is 14.9. The van der Waals surface area contributed by atoms with Gasteiger partial charge in [0.1, 0.15) is 0 Å². The van der Waals surface area contributed by atoms with Gasteiger partial charge in [0.05, 0.1) is 29.4 Å². The van der Waals surface area contributed by atoms with Gasteiger partial charge in [-0.1, -0.05) is 25.1 Å². The number of ether oxygens (including phenoxy) is 1. The van der Waals surface area contributed by atoms with Gasteiger partial charge in [-0.25, -0.2) is 8.42 Å². The number of carbonyl (C=O) groups excluding carboxylic acids is 2. The highest BCUT2D eigenvalue weighted by Gasteiger charge is 2.29. The summed E-state index contributed by atoms with van der Waals surface area (Å²) < 4.78 is 33.0. The lowest BCUT2D eigenvalue weighted by atomic mass is 10.1. The Kier molecular flexibility index (Phi) is 6.86. The molecule has 1 heterocycles. The van der Waals surface area contributed by atoms with Crippen molar-refractivity contribution in [3.05, 3.63) is 59.2 Å². The number of nitrogens with zero attached hydrogens (tertiary/aromatic N) is 1. The second-order valence-corrected chi connectivity index (χ2v) is 8.68. The van der Waals surface area contributed by atoms with Gasteiger partial charge in [-0.15, -0.1) is 0 Å². The molecule has 8 nitrogen and oxygen atoms in total. The standard InChI is InChI=1S/C21H25N3O5S/c1-3-15-8-9-16(14-19(15)30(27,28)24-10-12-29-13-11-24)20(25)23-18-7-5-4-6-17(18)21(26)22-2/h4-9,14H,3,10-13H2,1-2H3,(H,22,26)(H,23,25). The molecule has 0 radical (unpaired) electrons. The van der Waals surface area contributed by atoms with Crippen molar-refractivity contribution < 1.29 is 22.7 Å². The summed E-state index contributed by atoms with van der Waals surface area (Å²) in [4.78, 5) is 25.0. The Morgan fingerprint density at radius 3 is 2.43 bits per heavy atom. The minimum Gasteiger partial charge on any atom is -0.379 e. The van der Waals surface area contributed by atoms with E-state index in [4.69, 9.17) is 4.74 Å². The number of rotatable bonds is 6. The average molecular weight is 432 g/mol. The van der Waals surface area contributed by atoms with E-state index in [0.29, 0.717) is 36.4 Å². The number of hydrogen-bond acceptors (Lipinski definition) is 5. The molecule has 9 heteroatoms. The second kappa shape index (κ2) is 9.38. The molecule has 1 aliphatic heterocycles. The number of aryl methyl sites for hydroxylation is 1. The predicted molar refractivity (Wildman–Crippen MR) is 113 cm³/mol. The highest BCUT2D eigenvalue weighted by Crippen LogP contribution is 2.24. The van der Waals surface area contributed by atoms with Crippen molar-refractivity contribution in [2.24, 2.45) is 0 Å². The molecule has 30 heavy (non-hydrogen) atoms. The fourth-order valence-electron chi connectivity index (χ4n) is 3.27. The topological polar surface area (TPSA) is 105 Å². The van der Waals surface area contributed by atoms with Crippen LogP contribution in [0.3, 0.4) is 0 Å². The minimum atomic E-state index is -3.75. The molecule has 3 rings (SSSR count). The number of carbonyl (C=O) groups is 2. The van der Waals surface area contributed by atoms with Crippen LogP contribution in [0.4, 0.5) is 5.69 Å². The van der Waals surface area contributed by atoms with Crippen LogP contribution in [0.25, 0.3) is 0 Å². The molecule has 1 aliphatic rings. The lowest BCUT2D eigenvalue weighted by Gasteiger charge is -2.27. The van der Waals surface area contributed by atoms with Crippen molar-refractivity contribution in [1.82, 2.24) is 9.62 Å². The zero-order valence-corrected chi connectivity index (χ0v) is 17.8. The van der Waals surface area contributed by atoms with Gasteiger partial charge in [-0.05, 0) is 36.2 Å². The highest BCUT2D eigenvalue weighted by atomic mass is 32.2. The fraction of sp³-hybridized carbons (Fsp3) is 0.333. The van der Waals surface area contributed by atoms with Crippen molar-refractivity contribution in [1.29, 1.82) is 0 Å². The largest absolute Gasteiger partial charge is 0.379 e. The fourth-order valence-corrected chi connectivity index (χ4v) is 5.00. The molecule has 160 valence electrons. The summed E-state index contributed by atoms with van der Waals surface area (Å²) >= 11 is 0. The van der Waals surface area contributed by atoms with Gasteiger partial charge in [-0.2, -0.15) is 4.31 Å². The number of sulfonamides is 1. The smallest absolute Gasteiger partial charge is 0.255 e. The van der Waals surface area contributed by atoms with Crippen LogP contribution < -0.4 is 10.6 Å². The summed E-state index contributed by atoms with van der Waals surface area (Å²) in [5, 5.41) is 5.24. The van der Waals surface area contributed by atoms with Crippen LogP contribution in [0, 0.1) is 0 Å². The molecule has 0 atom stereocenters. The Bertz CT molecular complexity index is 1050. The van der Waals surface area contributed by atoms with Crippen LogP contribution in [0.5, 0.6) is 0 Å². The first kappa shape index (κ1) is 21.9. The quantitative estimate of drug-likeness (QED) is 0.727. The van der Waals surface area contributed by atoms with Crippen LogP contribution in [0.15, 0.2) is 47.4 Å². The minimum absolute atomic E-state index is 0.124. The van der Waals surface area contributed by atoms with Gasteiger partial charge >= 0.3 is 0 Å². The van der Waals surface area contributed by atoms with Gasteiger partial charge in [0.15, 0.2) is 0 Å². The van der Waals surface area contributed by atoms with Gasteiger partial charge < -0.3 is 15.4 Å². The van der Waals surface area contributed by atoms with E-state index in [1.165, 1.54) is 17.4 Å². The highest BCUT2D eigenvalue weighted by molar-refractivity contribution is 7.89. The van der Waals surface area contributed by atoms with E-state index < -0.39 is 15.9 Å². The van der Waals surface area contributed by atoms with Crippen molar-refractivity contribution >= 4 is 27.5 Å². The molecule has 2 aromatic carbocycles. The van der Waals surface area contributed by atoms with Crippen molar-refractivity contribution in [3.63, 3.8) is 0 Å². The summed E-state index contributed by atoms with van der Waals surface area (Å²) in [7, 11) is -2.24. The van der Waals surface area contributed by atoms with Gasteiger partial charge in [0.2, 0.25) is 10.0 Å². The van der Waals surface area contributed by atoms with E-state index in [0.717, 1.165) is 0 Å². The predicted octanol–water partition coefficient (Wildman–Crippen LogP) is 1.88. The Morgan fingerprint density at radius 2 is 1.77 bits per heavy atom. The number of amides is 2. The lowest BCUT2D eigenvalue weighted by Crippen LogP contribution is -2.41. The molecule has 0 saturated carbocycles. The molecule has 1 fully saturated rings. The van der Waals surface area contributed by atoms with E-state index in [2.05, 4.69) is 10.6 Å². The van der Waals surface area contributed by atoms with Crippen LogP contribution in [-0.2, 0) is 21.2 Å². The van der Waals surface area contributed by atoms with E-state index >= 15 is 0 Å². The summed E-state index contributed by atoms with van der Waals surface area (Å²) in [5.74, 6) is -0.824. The molecule has 0 spiro atoms. The van der Waals surface area contributed by atoms with Crippen molar-refractivity contribution in [2.75, 3.05) is 38.7 Å². The average Bonchev–Trinajstić information content (AvgIpc) is 2.79. The zero-order valence-electron chi connectivity index (χ0n) is 17.0. The van der Waals surface area contributed by atoms with Crippen LogP contribution in [0.1, 0.15) is 33.2 Å². The molecule has 2 amide bonds. The van der Waals surface area contributed by atoms with Crippen LogP contribution in [-0.4, -0.2) is 57.9 Å². The van der Waals surface area contributed by atoms with E-state index in [1.807, 2.05) is 6.92 Å². The molecule has 0 unspecified atom stereocenters. The third kappa shape index (κ3) is 4.53. The molecule has 1 saturated heterocycles. The molecule has 2 N–H and O–H groups in total. The molecule has 0 aliphatic carbocycles. The Morgan fingerprint density at radius 1 is 1.07 bits per heavy atom.